The van der Waals surface area contributed by atoms with Gasteiger partial charge in [0.2, 0.25) is 0 Å². The van der Waals surface area contributed by atoms with Crippen LogP contribution in [0, 0.1) is 6.92 Å². The summed E-state index contributed by atoms with van der Waals surface area (Å²) in [6.07, 6.45) is 0.219. The molecule has 1 fully saturated rings. The first kappa shape index (κ1) is 10.1. The molecule has 1 heterocycles. The van der Waals surface area contributed by atoms with Crippen molar-refractivity contribution in [2.75, 3.05) is 19.7 Å². The quantitative estimate of drug-likeness (QED) is 0.833. The lowest BCUT2D eigenvalue weighted by molar-refractivity contribution is 0.0273. The molecule has 0 saturated carbocycles. The van der Waals surface area contributed by atoms with Crippen LogP contribution in [0.3, 0.4) is 0 Å². The van der Waals surface area contributed by atoms with Crippen LogP contribution in [0.15, 0.2) is 22.7 Å². The topological polar surface area (TPSA) is 21.3 Å². The number of hydrogen-bond acceptors (Lipinski definition) is 2. The highest BCUT2D eigenvalue weighted by Gasteiger charge is 2.17. The molecule has 1 atom stereocenters. The van der Waals surface area contributed by atoms with E-state index < -0.39 is 0 Å². The van der Waals surface area contributed by atoms with Gasteiger partial charge in [-0.25, -0.2) is 0 Å². The maximum Gasteiger partial charge on any atom is 0.0952 e. The predicted octanol–water partition coefficient (Wildman–Crippen LogP) is 2.42. The molecule has 1 aliphatic heterocycles. The maximum atomic E-state index is 5.71. The van der Waals surface area contributed by atoms with Crippen molar-refractivity contribution in [1.82, 2.24) is 5.32 Å². The molecule has 2 rings (SSSR count). The molecule has 0 amide bonds. The Morgan fingerprint density at radius 2 is 2.36 bits per heavy atom. The molecule has 0 bridgehead atoms. The molecule has 1 unspecified atom stereocenters. The van der Waals surface area contributed by atoms with E-state index in [0.29, 0.717) is 0 Å². The van der Waals surface area contributed by atoms with Gasteiger partial charge >= 0.3 is 0 Å². The molecule has 0 radical (unpaired) electrons. The zero-order chi connectivity index (χ0) is 9.97. The summed E-state index contributed by atoms with van der Waals surface area (Å²) in [5, 5.41) is 3.34. The van der Waals surface area contributed by atoms with E-state index in [9.17, 15) is 0 Å². The van der Waals surface area contributed by atoms with E-state index in [0.717, 1.165) is 24.2 Å². The van der Waals surface area contributed by atoms with Crippen LogP contribution in [0.25, 0.3) is 0 Å². The predicted molar refractivity (Wildman–Crippen MR) is 60.4 cm³/mol. The molecule has 14 heavy (non-hydrogen) atoms. The third kappa shape index (κ3) is 2.16. The van der Waals surface area contributed by atoms with Gasteiger partial charge in [0.15, 0.2) is 0 Å². The van der Waals surface area contributed by atoms with Crippen molar-refractivity contribution in [2.24, 2.45) is 0 Å². The van der Waals surface area contributed by atoms with Crippen LogP contribution in [0.4, 0.5) is 0 Å². The summed E-state index contributed by atoms with van der Waals surface area (Å²) in [6, 6.07) is 6.34. The molecule has 2 nitrogen and oxygen atoms in total. The third-order valence-corrected chi connectivity index (χ3v) is 3.00. The van der Waals surface area contributed by atoms with Crippen molar-refractivity contribution in [3.05, 3.63) is 33.8 Å². The van der Waals surface area contributed by atoms with Crippen LogP contribution in [-0.2, 0) is 4.74 Å². The lowest BCUT2D eigenvalue weighted by Crippen LogP contribution is -2.33. The Morgan fingerprint density at radius 3 is 3.00 bits per heavy atom. The summed E-state index contributed by atoms with van der Waals surface area (Å²) in [6.45, 7) is 4.81. The summed E-state index contributed by atoms with van der Waals surface area (Å²) < 4.78 is 6.83. The minimum atomic E-state index is 0.219. The van der Waals surface area contributed by atoms with Crippen LogP contribution in [0.2, 0.25) is 0 Å². The van der Waals surface area contributed by atoms with Crippen LogP contribution < -0.4 is 5.32 Å². The Hall–Kier alpha value is -0.380. The van der Waals surface area contributed by atoms with E-state index >= 15 is 0 Å². The molecule has 1 aliphatic rings. The van der Waals surface area contributed by atoms with Crippen LogP contribution in [0.5, 0.6) is 0 Å². The first-order valence-corrected chi connectivity index (χ1v) is 5.65. The number of ether oxygens (including phenoxy) is 1. The molecule has 0 aromatic heterocycles. The Kier molecular flexibility index (Phi) is 3.21. The summed E-state index contributed by atoms with van der Waals surface area (Å²) in [5.41, 5.74) is 2.58. The molecule has 76 valence electrons. The number of halogens is 1. The van der Waals surface area contributed by atoms with Gasteiger partial charge in [-0.2, -0.15) is 0 Å². The lowest BCUT2D eigenvalue weighted by Gasteiger charge is -2.25. The third-order valence-electron chi connectivity index (χ3n) is 2.51. The largest absolute Gasteiger partial charge is 0.371 e. The van der Waals surface area contributed by atoms with Crippen molar-refractivity contribution in [1.29, 1.82) is 0 Å². The zero-order valence-electron chi connectivity index (χ0n) is 8.22. The van der Waals surface area contributed by atoms with Crippen molar-refractivity contribution in [3.63, 3.8) is 0 Å². The van der Waals surface area contributed by atoms with E-state index in [1.807, 2.05) is 0 Å². The highest BCUT2D eigenvalue weighted by molar-refractivity contribution is 9.10. The van der Waals surface area contributed by atoms with Crippen molar-refractivity contribution >= 4 is 15.9 Å². The standard InChI is InChI=1S/C11H14BrNO/c1-8-6-9(12)2-3-10(8)11-7-13-4-5-14-11/h2-3,6,11,13H,4-5,7H2,1H3. The number of morpholine rings is 1. The van der Waals surface area contributed by atoms with Crippen molar-refractivity contribution in [3.8, 4) is 0 Å². The number of aryl methyl sites for hydroxylation is 1. The molecular formula is C11H14BrNO. The fourth-order valence-electron chi connectivity index (χ4n) is 1.77. The molecule has 1 N–H and O–H groups in total. The second-order valence-electron chi connectivity index (χ2n) is 3.56. The Morgan fingerprint density at radius 1 is 1.50 bits per heavy atom. The SMILES string of the molecule is Cc1cc(Br)ccc1C1CNCCO1. The van der Waals surface area contributed by atoms with Crippen molar-refractivity contribution < 1.29 is 4.74 Å². The smallest absolute Gasteiger partial charge is 0.0952 e. The Balaban J connectivity index is 2.22. The second kappa shape index (κ2) is 4.43. The summed E-state index contributed by atoms with van der Waals surface area (Å²) >= 11 is 3.46. The van der Waals surface area contributed by atoms with E-state index in [2.05, 4.69) is 46.4 Å². The Labute approximate surface area is 92.8 Å². The van der Waals surface area contributed by atoms with Gasteiger partial charge < -0.3 is 10.1 Å². The molecule has 3 heteroatoms. The highest BCUT2D eigenvalue weighted by atomic mass is 79.9. The first-order valence-electron chi connectivity index (χ1n) is 4.86. The first-order chi connectivity index (χ1) is 6.77. The van der Waals surface area contributed by atoms with E-state index in [-0.39, 0.29) is 6.10 Å². The van der Waals surface area contributed by atoms with Gasteiger partial charge in [-0.1, -0.05) is 22.0 Å². The molecule has 1 saturated heterocycles. The van der Waals surface area contributed by atoms with Gasteiger partial charge in [0.25, 0.3) is 0 Å². The van der Waals surface area contributed by atoms with Crippen LogP contribution in [-0.4, -0.2) is 19.7 Å². The lowest BCUT2D eigenvalue weighted by atomic mass is 10.0. The monoisotopic (exact) mass is 255 g/mol. The van der Waals surface area contributed by atoms with Gasteiger partial charge in [0.05, 0.1) is 12.7 Å². The van der Waals surface area contributed by atoms with E-state index in [4.69, 9.17) is 4.74 Å². The average Bonchev–Trinajstić information content (AvgIpc) is 2.19. The van der Waals surface area contributed by atoms with Gasteiger partial charge in [0, 0.05) is 17.6 Å². The molecule has 0 aliphatic carbocycles. The van der Waals surface area contributed by atoms with Crippen LogP contribution in [0.1, 0.15) is 17.2 Å². The minimum Gasteiger partial charge on any atom is -0.371 e. The maximum absolute atomic E-state index is 5.71. The van der Waals surface area contributed by atoms with Crippen LogP contribution >= 0.6 is 15.9 Å². The number of nitrogens with one attached hydrogen (secondary N) is 1. The van der Waals surface area contributed by atoms with Crippen molar-refractivity contribution in [2.45, 2.75) is 13.0 Å². The summed E-state index contributed by atoms with van der Waals surface area (Å²) in [7, 11) is 0. The fourth-order valence-corrected chi connectivity index (χ4v) is 2.24. The zero-order valence-corrected chi connectivity index (χ0v) is 9.80. The molecular weight excluding hydrogens is 242 g/mol. The fraction of sp³-hybridized carbons (Fsp3) is 0.455. The summed E-state index contributed by atoms with van der Waals surface area (Å²) in [5.74, 6) is 0. The minimum absolute atomic E-state index is 0.219. The highest BCUT2D eigenvalue weighted by Crippen LogP contribution is 2.24. The molecule has 0 spiro atoms. The van der Waals surface area contributed by atoms with Gasteiger partial charge in [-0.3, -0.25) is 0 Å². The normalized spacial score (nSPS) is 22.3. The summed E-state index contributed by atoms with van der Waals surface area (Å²) in [4.78, 5) is 0. The second-order valence-corrected chi connectivity index (χ2v) is 4.48. The van der Waals surface area contributed by atoms with Gasteiger partial charge in [0.1, 0.15) is 0 Å². The number of hydrogen-bond donors (Lipinski definition) is 1. The van der Waals surface area contributed by atoms with E-state index in [1.165, 1.54) is 11.1 Å². The van der Waals surface area contributed by atoms with Gasteiger partial charge in [-0.05, 0) is 30.2 Å². The Bertz CT molecular complexity index is 321. The average molecular weight is 256 g/mol. The molecule has 1 aromatic rings. The van der Waals surface area contributed by atoms with E-state index in [1.54, 1.807) is 0 Å². The van der Waals surface area contributed by atoms with Gasteiger partial charge in [-0.15, -0.1) is 0 Å². The number of rotatable bonds is 1. The number of benzene rings is 1. The molecule has 1 aromatic carbocycles.